The number of aryl methyl sites for hydroxylation is 1. The number of H-pyrrole nitrogens is 1. The van der Waals surface area contributed by atoms with E-state index in [9.17, 15) is 18.0 Å². The van der Waals surface area contributed by atoms with E-state index in [1.807, 2.05) is 11.4 Å². The lowest BCUT2D eigenvalue weighted by Gasteiger charge is -2.20. The van der Waals surface area contributed by atoms with Crippen molar-refractivity contribution >= 4 is 62.1 Å². The summed E-state index contributed by atoms with van der Waals surface area (Å²) >= 11 is 14.0. The molecule has 2 aliphatic rings. The van der Waals surface area contributed by atoms with Gasteiger partial charge in [0.2, 0.25) is 9.84 Å². The normalized spacial score (nSPS) is 17.3. The first-order valence-electron chi connectivity index (χ1n) is 9.81. The number of aromatic amines is 1. The maximum absolute atomic E-state index is 13.5. The summed E-state index contributed by atoms with van der Waals surface area (Å²) in [5, 5.41) is 2.13. The number of carbonyl (C=O) groups excluding carboxylic acids is 2. The molecule has 2 amide bonds. The highest BCUT2D eigenvalue weighted by molar-refractivity contribution is 7.91. The minimum Gasteiger partial charge on any atom is -0.345 e. The van der Waals surface area contributed by atoms with E-state index in [1.165, 1.54) is 30.0 Å². The molecule has 2 aromatic heterocycles. The van der Waals surface area contributed by atoms with Crippen LogP contribution >= 0.6 is 34.7 Å². The highest BCUT2D eigenvalue weighted by Gasteiger charge is 2.38. The van der Waals surface area contributed by atoms with Gasteiger partial charge in [-0.15, -0.1) is 11.3 Å². The smallest absolute Gasteiger partial charge is 0.290 e. The highest BCUT2D eigenvalue weighted by atomic mass is 35.5. The largest absolute Gasteiger partial charge is 0.345 e. The predicted molar refractivity (Wildman–Crippen MR) is 122 cm³/mol. The molecule has 7 nitrogen and oxygen atoms in total. The number of thiophene rings is 1. The fourth-order valence-corrected chi connectivity index (χ4v) is 7.33. The second-order valence-corrected chi connectivity index (χ2v) is 11.4. The van der Waals surface area contributed by atoms with Crippen molar-refractivity contribution in [2.45, 2.75) is 36.1 Å². The van der Waals surface area contributed by atoms with Gasteiger partial charge in [-0.25, -0.2) is 12.8 Å². The molecule has 0 saturated carbocycles. The molecule has 1 N–H and O–H groups in total. The Morgan fingerprint density at radius 2 is 2.03 bits per heavy atom. The number of fused-ring (bicyclic) bond motifs is 4. The van der Waals surface area contributed by atoms with Gasteiger partial charge in [-0.05, 0) is 60.5 Å². The fraction of sp³-hybridized carbons (Fsp3) is 0.238. The molecule has 3 aromatic rings. The van der Waals surface area contributed by atoms with Gasteiger partial charge in [0.25, 0.3) is 11.8 Å². The number of nitrogens with zero attached hydrogens (tertiary/aromatic N) is 2. The number of hydrogen-bond donors (Lipinski definition) is 1. The molecule has 32 heavy (non-hydrogen) atoms. The number of rotatable bonds is 1. The van der Waals surface area contributed by atoms with Crippen LogP contribution in [0.5, 0.6) is 0 Å². The van der Waals surface area contributed by atoms with Crippen molar-refractivity contribution < 1.29 is 18.0 Å². The number of sulfone groups is 1. The molecule has 11 heteroatoms. The standard InChI is InChI=1S/C21H17Cl2N3O4S2/c1-11-17(20(27)25-5-2-3-16-12(10-25)4-6-31-16)24-18-19(11)32(29,30)15-8-13(22)7-14(9-15)26(23)21(18)28/h4,6-9,24H,2-3,5,10H2,1H3. The van der Waals surface area contributed by atoms with Crippen LogP contribution in [0.25, 0.3) is 0 Å². The maximum Gasteiger partial charge on any atom is 0.290 e. The van der Waals surface area contributed by atoms with Crippen LogP contribution in [0.4, 0.5) is 5.69 Å². The lowest BCUT2D eigenvalue weighted by atomic mass is 10.2. The molecular formula is C21H17Cl2N3O4S2. The average molecular weight is 510 g/mol. The van der Waals surface area contributed by atoms with Gasteiger partial charge in [-0.3, -0.25) is 9.59 Å². The summed E-state index contributed by atoms with van der Waals surface area (Å²) in [5.41, 5.74) is 1.23. The Morgan fingerprint density at radius 1 is 1.25 bits per heavy atom. The molecule has 0 fully saturated rings. The van der Waals surface area contributed by atoms with Gasteiger partial charge in [0.1, 0.15) is 16.3 Å². The van der Waals surface area contributed by atoms with E-state index in [2.05, 4.69) is 4.98 Å². The average Bonchev–Trinajstić information content (AvgIpc) is 3.28. The summed E-state index contributed by atoms with van der Waals surface area (Å²) in [6.45, 7) is 2.48. The van der Waals surface area contributed by atoms with Crippen LogP contribution in [0.1, 0.15) is 43.4 Å². The SMILES string of the molecule is Cc1c(C(=O)N2CCCc3sccc3C2)[nH]c2c1S(=O)(=O)c1cc(Cl)cc(c1)N(Cl)C2=O. The van der Waals surface area contributed by atoms with Crippen LogP contribution in [0.2, 0.25) is 5.02 Å². The Morgan fingerprint density at radius 3 is 2.81 bits per heavy atom. The van der Waals surface area contributed by atoms with Gasteiger partial charge in [0.15, 0.2) is 0 Å². The Balaban J connectivity index is 1.64. The van der Waals surface area contributed by atoms with Crippen LogP contribution in [0.15, 0.2) is 39.4 Å². The van der Waals surface area contributed by atoms with E-state index in [4.69, 9.17) is 23.4 Å². The van der Waals surface area contributed by atoms with Crippen molar-refractivity contribution in [1.82, 2.24) is 9.88 Å². The third-order valence-electron chi connectivity index (χ3n) is 5.78. The topological polar surface area (TPSA) is 90.6 Å². The Kier molecular flexibility index (Phi) is 5.12. The number of aromatic nitrogens is 1. The first kappa shape index (κ1) is 21.5. The van der Waals surface area contributed by atoms with Crippen molar-refractivity contribution in [2.75, 3.05) is 11.0 Å². The van der Waals surface area contributed by atoms with Crippen LogP contribution < -0.4 is 4.42 Å². The Labute approximate surface area is 198 Å². The summed E-state index contributed by atoms with van der Waals surface area (Å²) in [6, 6.07) is 5.98. The van der Waals surface area contributed by atoms with E-state index in [1.54, 1.807) is 16.2 Å². The molecule has 0 unspecified atom stereocenters. The molecule has 4 heterocycles. The number of benzene rings is 1. The second kappa shape index (κ2) is 7.62. The quantitative estimate of drug-likeness (QED) is 0.486. The van der Waals surface area contributed by atoms with Gasteiger partial charge in [-0.1, -0.05) is 11.6 Å². The summed E-state index contributed by atoms with van der Waals surface area (Å²) in [4.78, 5) is 31.9. The minimum atomic E-state index is -4.13. The molecule has 0 atom stereocenters. The fourth-order valence-electron chi connectivity index (χ4n) is 4.20. The minimum absolute atomic E-state index is 0.0665. The van der Waals surface area contributed by atoms with Crippen molar-refractivity contribution in [3.8, 4) is 0 Å². The number of halogens is 2. The monoisotopic (exact) mass is 509 g/mol. The Bertz CT molecular complexity index is 1390. The Hall–Kier alpha value is -2.33. The molecular weight excluding hydrogens is 493 g/mol. The molecule has 2 bridgehead atoms. The summed E-state index contributed by atoms with van der Waals surface area (Å²) < 4.78 is 27.7. The summed E-state index contributed by atoms with van der Waals surface area (Å²) in [6.07, 6.45) is 1.69. The second-order valence-electron chi connectivity index (χ2n) is 7.76. The van der Waals surface area contributed by atoms with Crippen LogP contribution in [-0.4, -0.2) is 36.7 Å². The van der Waals surface area contributed by atoms with E-state index >= 15 is 0 Å². The molecule has 0 aliphatic carbocycles. The van der Waals surface area contributed by atoms with Crippen LogP contribution in [0.3, 0.4) is 0 Å². The molecule has 2 aliphatic heterocycles. The molecule has 1 aromatic carbocycles. The van der Waals surface area contributed by atoms with Gasteiger partial charge < -0.3 is 9.88 Å². The van der Waals surface area contributed by atoms with Gasteiger partial charge in [-0.2, -0.15) is 0 Å². The van der Waals surface area contributed by atoms with E-state index in [-0.39, 0.29) is 43.4 Å². The number of carbonyl (C=O) groups is 2. The summed E-state index contributed by atoms with van der Waals surface area (Å²) in [5.74, 6) is -1.14. The van der Waals surface area contributed by atoms with Crippen molar-refractivity contribution in [1.29, 1.82) is 0 Å². The molecule has 166 valence electrons. The molecule has 0 saturated heterocycles. The zero-order chi connectivity index (χ0) is 22.8. The summed E-state index contributed by atoms with van der Waals surface area (Å²) in [7, 11) is -4.13. The zero-order valence-corrected chi connectivity index (χ0v) is 20.0. The third-order valence-corrected chi connectivity index (χ3v) is 9.27. The highest BCUT2D eigenvalue weighted by Crippen LogP contribution is 2.38. The zero-order valence-electron chi connectivity index (χ0n) is 16.8. The molecule has 0 radical (unpaired) electrons. The maximum atomic E-state index is 13.5. The number of hydrogen-bond acceptors (Lipinski definition) is 5. The first-order valence-corrected chi connectivity index (χ1v) is 12.9. The number of nitrogens with one attached hydrogen (secondary N) is 1. The van der Waals surface area contributed by atoms with Crippen molar-refractivity contribution in [3.63, 3.8) is 0 Å². The van der Waals surface area contributed by atoms with Crippen LogP contribution in [0, 0.1) is 6.92 Å². The predicted octanol–water partition coefficient (Wildman–Crippen LogP) is 4.57. The van der Waals surface area contributed by atoms with E-state index in [0.717, 1.165) is 22.8 Å². The first-order chi connectivity index (χ1) is 15.2. The third kappa shape index (κ3) is 3.26. The van der Waals surface area contributed by atoms with Gasteiger partial charge >= 0.3 is 0 Å². The lowest BCUT2D eigenvalue weighted by Crippen LogP contribution is -2.31. The molecule has 5 rings (SSSR count). The van der Waals surface area contributed by atoms with Crippen molar-refractivity contribution in [2.24, 2.45) is 0 Å². The van der Waals surface area contributed by atoms with Crippen molar-refractivity contribution in [3.05, 3.63) is 62.1 Å². The van der Waals surface area contributed by atoms with Gasteiger partial charge in [0, 0.05) is 34.8 Å². The molecule has 0 spiro atoms. The van der Waals surface area contributed by atoms with Crippen LogP contribution in [-0.2, 0) is 22.8 Å². The van der Waals surface area contributed by atoms with Gasteiger partial charge in [0.05, 0.1) is 10.6 Å². The van der Waals surface area contributed by atoms with E-state index in [0.29, 0.717) is 13.1 Å². The number of anilines is 1. The van der Waals surface area contributed by atoms with E-state index < -0.39 is 15.7 Å². The number of amides is 2. The lowest BCUT2D eigenvalue weighted by molar-refractivity contribution is 0.0740.